The normalized spacial score (nSPS) is 15.4. The number of imide groups is 1. The summed E-state index contributed by atoms with van der Waals surface area (Å²) in [4.78, 5) is 28.3. The van der Waals surface area contributed by atoms with Crippen LogP contribution in [0.3, 0.4) is 0 Å². The van der Waals surface area contributed by atoms with Crippen LogP contribution in [-0.4, -0.2) is 55.5 Å². The second kappa shape index (κ2) is 10.9. The molecule has 0 radical (unpaired) electrons. The first-order valence-electron chi connectivity index (χ1n) is 8.19. The number of hydrogen-bond donors (Lipinski definition) is 3. The molecule has 2 rings (SSSR count). The number of urea groups is 1. The number of carbonyl (C=O) groups is 2. The standard InChI is InChI=1S/C17H25N5O2.HI/c1-13(8-9-14-6-4-3-5-7-14)21-16(18-2)19-10-11-22-15(23)12-20-17(22)24;/h3-7,13H,8-12H2,1-2H3,(H,20,24)(H2,18,19,21);1H. The molecule has 3 N–H and O–H groups in total. The van der Waals surface area contributed by atoms with Gasteiger partial charge in [0.2, 0.25) is 5.91 Å². The molecule has 0 aliphatic carbocycles. The third-order valence-corrected chi connectivity index (χ3v) is 3.88. The number of aryl methyl sites for hydroxylation is 1. The van der Waals surface area contributed by atoms with E-state index in [2.05, 4.69) is 40.0 Å². The van der Waals surface area contributed by atoms with E-state index in [1.807, 2.05) is 18.2 Å². The maximum atomic E-state index is 11.5. The SMILES string of the molecule is CN=C(NCCN1C(=O)CNC1=O)NC(C)CCc1ccccc1.I. The summed E-state index contributed by atoms with van der Waals surface area (Å²) in [6.07, 6.45) is 1.98. The summed E-state index contributed by atoms with van der Waals surface area (Å²) in [5.74, 6) is 0.476. The van der Waals surface area contributed by atoms with Crippen LogP contribution in [0.15, 0.2) is 35.3 Å². The average Bonchev–Trinajstić information content (AvgIpc) is 2.91. The molecule has 138 valence electrons. The molecule has 1 fully saturated rings. The minimum Gasteiger partial charge on any atom is -0.355 e. The zero-order valence-corrected chi connectivity index (χ0v) is 16.9. The molecule has 0 aromatic heterocycles. The lowest BCUT2D eigenvalue weighted by Crippen LogP contribution is -2.45. The summed E-state index contributed by atoms with van der Waals surface area (Å²) < 4.78 is 0. The molecular formula is C17H26IN5O2. The molecule has 25 heavy (non-hydrogen) atoms. The monoisotopic (exact) mass is 459 g/mol. The van der Waals surface area contributed by atoms with Crippen molar-refractivity contribution in [3.63, 3.8) is 0 Å². The van der Waals surface area contributed by atoms with Gasteiger partial charge >= 0.3 is 6.03 Å². The van der Waals surface area contributed by atoms with Crippen LogP contribution in [-0.2, 0) is 11.2 Å². The molecule has 7 nitrogen and oxygen atoms in total. The van der Waals surface area contributed by atoms with Gasteiger partial charge < -0.3 is 16.0 Å². The molecule has 1 aromatic carbocycles. The highest BCUT2D eigenvalue weighted by atomic mass is 127. The highest BCUT2D eigenvalue weighted by Gasteiger charge is 2.27. The van der Waals surface area contributed by atoms with Gasteiger partial charge in [-0.15, -0.1) is 24.0 Å². The number of nitrogens with zero attached hydrogens (tertiary/aromatic N) is 2. The van der Waals surface area contributed by atoms with Gasteiger partial charge in [-0.05, 0) is 25.3 Å². The lowest BCUT2D eigenvalue weighted by molar-refractivity contribution is -0.124. The van der Waals surface area contributed by atoms with Crippen LogP contribution in [0, 0.1) is 0 Å². The third kappa shape index (κ3) is 6.89. The van der Waals surface area contributed by atoms with Gasteiger partial charge in [-0.1, -0.05) is 30.3 Å². The van der Waals surface area contributed by atoms with E-state index in [1.165, 1.54) is 10.5 Å². The fourth-order valence-electron chi connectivity index (χ4n) is 2.50. The first-order chi connectivity index (χ1) is 11.6. The number of amides is 3. The van der Waals surface area contributed by atoms with Crippen LogP contribution in [0.4, 0.5) is 4.79 Å². The van der Waals surface area contributed by atoms with Crippen molar-refractivity contribution in [3.8, 4) is 0 Å². The third-order valence-electron chi connectivity index (χ3n) is 3.88. The van der Waals surface area contributed by atoms with Gasteiger partial charge in [0.05, 0.1) is 6.54 Å². The van der Waals surface area contributed by atoms with E-state index in [4.69, 9.17) is 0 Å². The lowest BCUT2D eigenvalue weighted by atomic mass is 10.1. The summed E-state index contributed by atoms with van der Waals surface area (Å²) in [6, 6.07) is 10.3. The Balaban J connectivity index is 0.00000312. The van der Waals surface area contributed by atoms with Crippen LogP contribution in [0.5, 0.6) is 0 Å². The summed E-state index contributed by atoms with van der Waals surface area (Å²) in [5.41, 5.74) is 1.31. The van der Waals surface area contributed by atoms with Crippen LogP contribution in [0.25, 0.3) is 0 Å². The van der Waals surface area contributed by atoms with Crippen molar-refractivity contribution < 1.29 is 9.59 Å². The number of halogens is 1. The molecule has 1 aromatic rings. The van der Waals surface area contributed by atoms with Gasteiger partial charge in [-0.3, -0.25) is 14.7 Å². The van der Waals surface area contributed by atoms with E-state index < -0.39 is 0 Å². The van der Waals surface area contributed by atoms with Crippen molar-refractivity contribution in [2.45, 2.75) is 25.8 Å². The molecule has 1 saturated heterocycles. The molecule has 3 amide bonds. The second-order valence-electron chi connectivity index (χ2n) is 5.77. The minimum atomic E-state index is -0.332. The number of carbonyl (C=O) groups excluding carboxylic acids is 2. The quantitative estimate of drug-likeness (QED) is 0.249. The predicted molar refractivity (Wildman–Crippen MR) is 109 cm³/mol. The Morgan fingerprint density at radius 1 is 1.32 bits per heavy atom. The molecule has 1 aliphatic rings. The van der Waals surface area contributed by atoms with E-state index in [-0.39, 0.29) is 48.5 Å². The van der Waals surface area contributed by atoms with Crippen molar-refractivity contribution in [2.24, 2.45) is 4.99 Å². The Morgan fingerprint density at radius 3 is 2.64 bits per heavy atom. The Morgan fingerprint density at radius 2 is 2.04 bits per heavy atom. The van der Waals surface area contributed by atoms with Gasteiger partial charge in [0.25, 0.3) is 0 Å². The Bertz CT molecular complexity index is 578. The van der Waals surface area contributed by atoms with E-state index in [0.29, 0.717) is 19.0 Å². The molecule has 1 unspecified atom stereocenters. The smallest absolute Gasteiger partial charge is 0.324 e. The van der Waals surface area contributed by atoms with Crippen molar-refractivity contribution in [1.82, 2.24) is 20.9 Å². The number of benzene rings is 1. The van der Waals surface area contributed by atoms with Gasteiger partial charge in [-0.2, -0.15) is 0 Å². The average molecular weight is 459 g/mol. The van der Waals surface area contributed by atoms with Crippen molar-refractivity contribution in [1.29, 1.82) is 0 Å². The second-order valence-corrected chi connectivity index (χ2v) is 5.77. The molecule has 8 heteroatoms. The molecular weight excluding hydrogens is 433 g/mol. The number of rotatable bonds is 7. The largest absolute Gasteiger partial charge is 0.355 e. The topological polar surface area (TPSA) is 85.8 Å². The van der Waals surface area contributed by atoms with E-state index >= 15 is 0 Å². The van der Waals surface area contributed by atoms with Crippen molar-refractivity contribution in [2.75, 3.05) is 26.7 Å². The lowest BCUT2D eigenvalue weighted by Gasteiger charge is -2.19. The minimum absolute atomic E-state index is 0. The molecule has 0 spiro atoms. The number of aliphatic imine (C=N–C) groups is 1. The first-order valence-corrected chi connectivity index (χ1v) is 8.19. The zero-order chi connectivity index (χ0) is 17.4. The number of guanidine groups is 1. The van der Waals surface area contributed by atoms with Crippen LogP contribution < -0.4 is 16.0 Å². The zero-order valence-electron chi connectivity index (χ0n) is 14.6. The highest BCUT2D eigenvalue weighted by Crippen LogP contribution is 2.04. The molecule has 0 bridgehead atoms. The van der Waals surface area contributed by atoms with E-state index in [0.717, 1.165) is 12.8 Å². The predicted octanol–water partition coefficient (Wildman–Crippen LogP) is 1.34. The van der Waals surface area contributed by atoms with Crippen molar-refractivity contribution in [3.05, 3.63) is 35.9 Å². The highest BCUT2D eigenvalue weighted by molar-refractivity contribution is 14.0. The Hall–Kier alpha value is -1.84. The van der Waals surface area contributed by atoms with Gasteiger partial charge in [0, 0.05) is 26.2 Å². The molecule has 1 heterocycles. The number of hydrogen-bond acceptors (Lipinski definition) is 3. The van der Waals surface area contributed by atoms with Crippen LogP contribution >= 0.6 is 24.0 Å². The summed E-state index contributed by atoms with van der Waals surface area (Å²) >= 11 is 0. The summed E-state index contributed by atoms with van der Waals surface area (Å²) in [6.45, 7) is 2.98. The Labute approximate surface area is 165 Å². The van der Waals surface area contributed by atoms with Crippen molar-refractivity contribution >= 4 is 41.9 Å². The summed E-state index contributed by atoms with van der Waals surface area (Å²) in [7, 11) is 1.70. The molecule has 0 saturated carbocycles. The fraction of sp³-hybridized carbons (Fsp3) is 0.471. The van der Waals surface area contributed by atoms with E-state index in [1.54, 1.807) is 7.05 Å². The van der Waals surface area contributed by atoms with E-state index in [9.17, 15) is 9.59 Å². The summed E-state index contributed by atoms with van der Waals surface area (Å²) in [5, 5.41) is 8.95. The van der Waals surface area contributed by atoms with Gasteiger partial charge in [-0.25, -0.2) is 4.79 Å². The first kappa shape index (κ1) is 21.2. The van der Waals surface area contributed by atoms with Gasteiger partial charge in [0.15, 0.2) is 5.96 Å². The molecule has 1 aliphatic heterocycles. The molecule has 1 atom stereocenters. The Kier molecular flexibility index (Phi) is 9.25. The van der Waals surface area contributed by atoms with Gasteiger partial charge in [0.1, 0.15) is 0 Å². The van der Waals surface area contributed by atoms with Crippen LogP contribution in [0.2, 0.25) is 0 Å². The van der Waals surface area contributed by atoms with Crippen LogP contribution in [0.1, 0.15) is 18.9 Å². The number of nitrogens with one attached hydrogen (secondary N) is 3. The maximum Gasteiger partial charge on any atom is 0.324 e. The maximum absolute atomic E-state index is 11.5. The fourth-order valence-corrected chi connectivity index (χ4v) is 2.50.